The minimum atomic E-state index is -0.253. The van der Waals surface area contributed by atoms with Crippen LogP contribution in [0, 0.1) is 19.8 Å². The van der Waals surface area contributed by atoms with E-state index < -0.39 is 0 Å². The molecule has 23 heavy (non-hydrogen) atoms. The van der Waals surface area contributed by atoms with Gasteiger partial charge in [-0.2, -0.15) is 5.10 Å². The van der Waals surface area contributed by atoms with Crippen molar-refractivity contribution in [3.8, 4) is 0 Å². The molecule has 1 N–H and O–H groups in total. The smallest absolute Gasteiger partial charge is 0.225 e. The van der Waals surface area contributed by atoms with Crippen LogP contribution >= 0.6 is 0 Å². The molecule has 6 heteroatoms. The van der Waals surface area contributed by atoms with Gasteiger partial charge in [-0.3, -0.25) is 14.3 Å². The van der Waals surface area contributed by atoms with Gasteiger partial charge in [0.1, 0.15) is 0 Å². The van der Waals surface area contributed by atoms with Crippen molar-refractivity contribution in [2.24, 2.45) is 13.0 Å². The van der Waals surface area contributed by atoms with Crippen LogP contribution in [0.5, 0.6) is 0 Å². The van der Waals surface area contributed by atoms with Crippen molar-refractivity contribution in [1.82, 2.24) is 20.0 Å². The Morgan fingerprint density at radius 2 is 2.04 bits per heavy atom. The fourth-order valence-electron chi connectivity index (χ4n) is 3.37. The molecular formula is C17H28N4O2. The molecule has 1 aromatic heterocycles. The fraction of sp³-hybridized carbons (Fsp3) is 0.706. The molecule has 0 bridgehead atoms. The molecule has 2 atom stereocenters. The van der Waals surface area contributed by atoms with Crippen molar-refractivity contribution >= 4 is 11.8 Å². The van der Waals surface area contributed by atoms with E-state index in [1.165, 1.54) is 0 Å². The SMILES string of the molecule is CC[C@@H](NC(=O)[C@@H]1CC(=O)N(C(C)C)C1)c1c(C)nn(C)c1C. The van der Waals surface area contributed by atoms with Crippen molar-refractivity contribution in [3.63, 3.8) is 0 Å². The van der Waals surface area contributed by atoms with Crippen LogP contribution in [0.4, 0.5) is 0 Å². The highest BCUT2D eigenvalue weighted by Crippen LogP contribution is 2.26. The predicted octanol–water partition coefficient (Wildman–Crippen LogP) is 1.86. The molecule has 0 radical (unpaired) electrons. The first kappa shape index (κ1) is 17.5. The molecule has 1 fully saturated rings. The highest BCUT2D eigenvalue weighted by molar-refractivity contribution is 5.89. The van der Waals surface area contributed by atoms with Gasteiger partial charge in [-0.25, -0.2) is 0 Å². The first-order valence-corrected chi connectivity index (χ1v) is 8.36. The molecule has 0 aliphatic carbocycles. The van der Waals surface area contributed by atoms with E-state index in [2.05, 4.69) is 17.3 Å². The van der Waals surface area contributed by atoms with Crippen molar-refractivity contribution in [1.29, 1.82) is 0 Å². The number of carbonyl (C=O) groups excluding carboxylic acids is 2. The second-order valence-corrected chi connectivity index (χ2v) is 6.72. The van der Waals surface area contributed by atoms with E-state index in [1.54, 1.807) is 4.90 Å². The Morgan fingerprint density at radius 3 is 2.48 bits per heavy atom. The summed E-state index contributed by atoms with van der Waals surface area (Å²) in [5, 5.41) is 7.56. The molecule has 2 amide bonds. The summed E-state index contributed by atoms with van der Waals surface area (Å²) in [6.07, 6.45) is 1.11. The summed E-state index contributed by atoms with van der Waals surface area (Å²) in [7, 11) is 1.91. The van der Waals surface area contributed by atoms with E-state index >= 15 is 0 Å². The molecule has 0 spiro atoms. The van der Waals surface area contributed by atoms with Crippen LogP contribution < -0.4 is 5.32 Å². The van der Waals surface area contributed by atoms with Gasteiger partial charge >= 0.3 is 0 Å². The molecule has 1 aliphatic heterocycles. The third-order valence-corrected chi connectivity index (χ3v) is 4.79. The van der Waals surface area contributed by atoms with Crippen LogP contribution in [0.15, 0.2) is 0 Å². The van der Waals surface area contributed by atoms with Gasteiger partial charge in [-0.1, -0.05) is 6.92 Å². The number of hydrogen-bond donors (Lipinski definition) is 1. The normalized spacial score (nSPS) is 19.5. The molecule has 2 heterocycles. The van der Waals surface area contributed by atoms with Gasteiger partial charge in [0, 0.05) is 37.3 Å². The second kappa shape index (κ2) is 6.72. The van der Waals surface area contributed by atoms with Crippen LogP contribution in [0.25, 0.3) is 0 Å². The summed E-state index contributed by atoms with van der Waals surface area (Å²) >= 11 is 0. The average molecular weight is 320 g/mol. The minimum Gasteiger partial charge on any atom is -0.349 e. The topological polar surface area (TPSA) is 67.2 Å². The largest absolute Gasteiger partial charge is 0.349 e. The number of amides is 2. The van der Waals surface area contributed by atoms with Crippen molar-refractivity contribution in [2.75, 3.05) is 6.54 Å². The van der Waals surface area contributed by atoms with Crippen LogP contribution in [0.1, 0.15) is 56.6 Å². The van der Waals surface area contributed by atoms with Gasteiger partial charge in [0.15, 0.2) is 0 Å². The lowest BCUT2D eigenvalue weighted by Crippen LogP contribution is -2.37. The first-order valence-electron chi connectivity index (χ1n) is 8.36. The van der Waals surface area contributed by atoms with Crippen LogP contribution in [-0.2, 0) is 16.6 Å². The Hall–Kier alpha value is -1.85. The first-order chi connectivity index (χ1) is 10.8. The van der Waals surface area contributed by atoms with Crippen LogP contribution in [-0.4, -0.2) is 39.1 Å². The van der Waals surface area contributed by atoms with Gasteiger partial charge in [0.2, 0.25) is 11.8 Å². The third kappa shape index (κ3) is 3.41. The fourth-order valence-corrected chi connectivity index (χ4v) is 3.37. The maximum absolute atomic E-state index is 12.6. The van der Waals surface area contributed by atoms with Crippen LogP contribution in [0.2, 0.25) is 0 Å². The molecule has 0 aromatic carbocycles. The lowest BCUT2D eigenvalue weighted by Gasteiger charge is -2.22. The Balaban J connectivity index is 2.11. The highest BCUT2D eigenvalue weighted by Gasteiger charge is 2.36. The molecule has 6 nitrogen and oxygen atoms in total. The van der Waals surface area contributed by atoms with E-state index in [1.807, 2.05) is 39.4 Å². The van der Waals surface area contributed by atoms with E-state index in [0.717, 1.165) is 23.4 Å². The number of carbonyl (C=O) groups is 2. The zero-order valence-corrected chi connectivity index (χ0v) is 15.0. The quantitative estimate of drug-likeness (QED) is 0.900. The lowest BCUT2D eigenvalue weighted by atomic mass is 10.0. The number of likely N-dealkylation sites (tertiary alicyclic amines) is 1. The molecular weight excluding hydrogens is 292 g/mol. The molecule has 0 unspecified atom stereocenters. The zero-order valence-electron chi connectivity index (χ0n) is 15.0. The van der Waals surface area contributed by atoms with E-state index in [4.69, 9.17) is 0 Å². The monoisotopic (exact) mass is 320 g/mol. The molecule has 1 aliphatic rings. The highest BCUT2D eigenvalue weighted by atomic mass is 16.2. The van der Waals surface area contributed by atoms with E-state index in [-0.39, 0.29) is 29.8 Å². The lowest BCUT2D eigenvalue weighted by molar-refractivity contribution is -0.130. The average Bonchev–Trinajstić information content (AvgIpc) is 2.98. The van der Waals surface area contributed by atoms with Crippen molar-refractivity contribution in [3.05, 3.63) is 17.0 Å². The number of nitrogens with zero attached hydrogens (tertiary/aromatic N) is 3. The number of nitrogens with one attached hydrogen (secondary N) is 1. The number of aryl methyl sites for hydroxylation is 2. The van der Waals surface area contributed by atoms with Gasteiger partial charge in [-0.15, -0.1) is 0 Å². The van der Waals surface area contributed by atoms with Gasteiger partial charge in [0.05, 0.1) is 17.7 Å². The summed E-state index contributed by atoms with van der Waals surface area (Å²) in [5.74, 6) is -0.214. The molecule has 1 saturated heterocycles. The summed E-state index contributed by atoms with van der Waals surface area (Å²) in [5.41, 5.74) is 3.11. The number of aromatic nitrogens is 2. The van der Waals surface area contributed by atoms with Gasteiger partial charge in [0.25, 0.3) is 0 Å². The third-order valence-electron chi connectivity index (χ3n) is 4.79. The number of hydrogen-bond acceptors (Lipinski definition) is 3. The molecule has 2 rings (SSSR count). The van der Waals surface area contributed by atoms with Crippen LogP contribution in [0.3, 0.4) is 0 Å². The second-order valence-electron chi connectivity index (χ2n) is 6.72. The minimum absolute atomic E-state index is 0.0315. The summed E-state index contributed by atoms with van der Waals surface area (Å²) in [6, 6.07) is 0.0875. The standard InChI is InChI=1S/C17H28N4O2/c1-7-14(16-11(4)19-20(6)12(16)5)18-17(23)13-8-15(22)21(9-13)10(2)3/h10,13-14H,7-9H2,1-6H3,(H,18,23)/t13-,14-/m1/s1. The van der Waals surface area contributed by atoms with Gasteiger partial charge in [-0.05, 0) is 34.1 Å². The van der Waals surface area contributed by atoms with Crippen molar-refractivity contribution < 1.29 is 9.59 Å². The summed E-state index contributed by atoms with van der Waals surface area (Å²) in [6.45, 7) is 10.5. The maximum atomic E-state index is 12.6. The zero-order chi connectivity index (χ0) is 17.3. The molecule has 1 aromatic rings. The summed E-state index contributed by atoms with van der Waals surface area (Å²) < 4.78 is 1.85. The maximum Gasteiger partial charge on any atom is 0.225 e. The predicted molar refractivity (Wildman–Crippen MR) is 88.8 cm³/mol. The Morgan fingerprint density at radius 1 is 1.39 bits per heavy atom. The molecule has 128 valence electrons. The molecule has 0 saturated carbocycles. The Labute approximate surface area is 138 Å². The summed E-state index contributed by atoms with van der Waals surface area (Å²) in [4.78, 5) is 26.4. The van der Waals surface area contributed by atoms with E-state index in [0.29, 0.717) is 13.0 Å². The van der Waals surface area contributed by atoms with Crippen molar-refractivity contribution in [2.45, 2.75) is 59.5 Å². The van der Waals surface area contributed by atoms with E-state index in [9.17, 15) is 9.59 Å². The number of rotatable bonds is 5. The van der Waals surface area contributed by atoms with Gasteiger partial charge < -0.3 is 10.2 Å². The Kier molecular flexibility index (Phi) is 5.12. The Bertz CT molecular complexity index is 606.